The predicted molar refractivity (Wildman–Crippen MR) is 119 cm³/mol. The Balaban J connectivity index is 0.00000320. The summed E-state index contributed by atoms with van der Waals surface area (Å²) in [6.45, 7) is 3.22. The van der Waals surface area contributed by atoms with Crippen molar-refractivity contribution in [3.8, 4) is 5.75 Å². The highest BCUT2D eigenvalue weighted by Gasteiger charge is 2.28. The number of nitrogens with one attached hydrogen (secondary N) is 1. The molecular weight excluding hydrogens is 449 g/mol. The summed E-state index contributed by atoms with van der Waals surface area (Å²) in [5.74, 6) is 0.469. The maximum atomic E-state index is 12.8. The van der Waals surface area contributed by atoms with Crippen LogP contribution in [0.2, 0.25) is 5.02 Å². The van der Waals surface area contributed by atoms with Crippen LogP contribution in [0.5, 0.6) is 5.75 Å². The molecule has 1 amide bonds. The summed E-state index contributed by atoms with van der Waals surface area (Å²) in [4.78, 5) is 14.5. The minimum Gasteiger partial charge on any atom is -0.497 e. The third-order valence-corrected chi connectivity index (χ3v) is 7.01. The minimum atomic E-state index is -3.51. The molecule has 0 radical (unpaired) electrons. The lowest BCUT2D eigenvalue weighted by atomic mass is 10.2. The lowest BCUT2D eigenvalue weighted by Gasteiger charge is -2.34. The molecule has 0 aliphatic carbocycles. The smallest absolute Gasteiger partial charge is 0.251 e. The van der Waals surface area contributed by atoms with E-state index in [2.05, 4.69) is 10.2 Å². The minimum absolute atomic E-state index is 0. The molecule has 1 heterocycles. The van der Waals surface area contributed by atoms with Gasteiger partial charge in [0, 0.05) is 49.9 Å². The number of nitrogens with zero attached hydrogens (tertiary/aromatic N) is 2. The number of amides is 1. The molecule has 0 spiro atoms. The van der Waals surface area contributed by atoms with Crippen LogP contribution in [0, 0.1) is 0 Å². The van der Waals surface area contributed by atoms with Crippen LogP contribution in [0.3, 0.4) is 0 Å². The van der Waals surface area contributed by atoms with Gasteiger partial charge >= 0.3 is 0 Å². The van der Waals surface area contributed by atoms with Crippen LogP contribution in [0.4, 0.5) is 0 Å². The highest BCUT2D eigenvalue weighted by Crippen LogP contribution is 2.20. The second-order valence-electron chi connectivity index (χ2n) is 6.68. The van der Waals surface area contributed by atoms with Crippen molar-refractivity contribution >= 4 is 39.9 Å². The Hall–Kier alpha value is -1.84. The monoisotopic (exact) mass is 473 g/mol. The van der Waals surface area contributed by atoms with Crippen molar-refractivity contribution in [3.63, 3.8) is 0 Å². The van der Waals surface area contributed by atoms with E-state index in [1.165, 1.54) is 4.31 Å². The zero-order chi connectivity index (χ0) is 20.9. The van der Waals surface area contributed by atoms with Gasteiger partial charge < -0.3 is 10.1 Å². The third kappa shape index (κ3) is 6.09. The Morgan fingerprint density at radius 3 is 2.20 bits per heavy atom. The number of carbonyl (C=O) groups is 1. The van der Waals surface area contributed by atoms with E-state index in [1.54, 1.807) is 55.6 Å². The quantitative estimate of drug-likeness (QED) is 0.668. The molecule has 2 aromatic carbocycles. The maximum absolute atomic E-state index is 12.8. The van der Waals surface area contributed by atoms with Gasteiger partial charge in [-0.15, -0.1) is 12.4 Å². The van der Waals surface area contributed by atoms with Gasteiger partial charge in [0.2, 0.25) is 10.0 Å². The Labute approximate surface area is 188 Å². The molecule has 1 saturated heterocycles. The summed E-state index contributed by atoms with van der Waals surface area (Å²) in [5.41, 5.74) is 0.560. The fraction of sp³-hybridized carbons (Fsp3) is 0.350. The van der Waals surface area contributed by atoms with Crippen molar-refractivity contribution < 1.29 is 17.9 Å². The first kappa shape index (κ1) is 24.4. The SMILES string of the molecule is COc1ccc(S(=O)(=O)N2CCN(CCNC(=O)c3ccc(Cl)cc3)CC2)cc1.Cl. The van der Waals surface area contributed by atoms with Crippen molar-refractivity contribution in [1.29, 1.82) is 0 Å². The van der Waals surface area contributed by atoms with Gasteiger partial charge in [-0.3, -0.25) is 9.69 Å². The van der Waals surface area contributed by atoms with Gasteiger partial charge in [-0.2, -0.15) is 4.31 Å². The van der Waals surface area contributed by atoms with Crippen LogP contribution in [0.1, 0.15) is 10.4 Å². The molecule has 1 aliphatic heterocycles. The number of rotatable bonds is 7. The molecule has 1 fully saturated rings. The molecule has 1 N–H and O–H groups in total. The van der Waals surface area contributed by atoms with Crippen LogP contribution < -0.4 is 10.1 Å². The lowest BCUT2D eigenvalue weighted by Crippen LogP contribution is -2.50. The molecule has 7 nitrogen and oxygen atoms in total. The molecule has 0 atom stereocenters. The first-order valence-corrected chi connectivity index (χ1v) is 11.1. The topological polar surface area (TPSA) is 79.0 Å². The number of methoxy groups -OCH3 is 1. The van der Waals surface area contributed by atoms with Crippen LogP contribution in [-0.2, 0) is 10.0 Å². The van der Waals surface area contributed by atoms with E-state index in [-0.39, 0.29) is 23.2 Å². The fourth-order valence-electron chi connectivity index (χ4n) is 3.12. The summed E-state index contributed by atoms with van der Waals surface area (Å²) in [5, 5.41) is 3.46. The van der Waals surface area contributed by atoms with Crippen LogP contribution in [0.15, 0.2) is 53.4 Å². The standard InChI is InChI=1S/C20H24ClN3O4S.ClH/c1-28-18-6-8-19(9-7-18)29(26,27)24-14-12-23(13-15-24)11-10-22-20(25)16-2-4-17(21)5-3-16;/h2-9H,10-15H2,1H3,(H,22,25);1H. The zero-order valence-corrected chi connectivity index (χ0v) is 19.0. The fourth-order valence-corrected chi connectivity index (χ4v) is 4.67. The van der Waals surface area contributed by atoms with E-state index < -0.39 is 10.0 Å². The number of benzene rings is 2. The van der Waals surface area contributed by atoms with Crippen molar-refractivity contribution in [3.05, 3.63) is 59.1 Å². The van der Waals surface area contributed by atoms with Gasteiger partial charge in [-0.1, -0.05) is 11.6 Å². The van der Waals surface area contributed by atoms with Crippen molar-refractivity contribution in [2.75, 3.05) is 46.4 Å². The predicted octanol–water partition coefficient (Wildman–Crippen LogP) is 2.51. The first-order chi connectivity index (χ1) is 13.9. The second kappa shape index (κ2) is 11.0. The van der Waals surface area contributed by atoms with Crippen molar-refractivity contribution in [2.45, 2.75) is 4.90 Å². The van der Waals surface area contributed by atoms with Gasteiger partial charge in [0.05, 0.1) is 12.0 Å². The number of piperazine rings is 1. The number of hydrogen-bond acceptors (Lipinski definition) is 5. The number of halogens is 2. The van der Waals surface area contributed by atoms with Crippen molar-refractivity contribution in [1.82, 2.24) is 14.5 Å². The van der Waals surface area contributed by atoms with Crippen LogP contribution in [0.25, 0.3) is 0 Å². The first-order valence-electron chi connectivity index (χ1n) is 9.30. The summed E-state index contributed by atoms with van der Waals surface area (Å²) in [6.07, 6.45) is 0. The average Bonchev–Trinajstić information content (AvgIpc) is 2.74. The largest absolute Gasteiger partial charge is 0.497 e. The van der Waals surface area contributed by atoms with Gasteiger partial charge in [-0.25, -0.2) is 8.42 Å². The molecule has 0 unspecified atom stereocenters. The summed E-state index contributed by atoms with van der Waals surface area (Å²) in [7, 11) is -1.97. The van der Waals surface area contributed by atoms with E-state index >= 15 is 0 Å². The van der Waals surface area contributed by atoms with E-state index in [0.717, 1.165) is 0 Å². The van der Waals surface area contributed by atoms with Gasteiger partial charge in [0.15, 0.2) is 0 Å². The molecule has 0 aromatic heterocycles. The molecule has 2 aromatic rings. The maximum Gasteiger partial charge on any atom is 0.251 e. The second-order valence-corrected chi connectivity index (χ2v) is 9.06. The molecule has 0 bridgehead atoms. The highest BCUT2D eigenvalue weighted by atomic mass is 35.5. The van der Waals surface area contributed by atoms with Crippen LogP contribution >= 0.6 is 24.0 Å². The van der Waals surface area contributed by atoms with E-state index in [4.69, 9.17) is 16.3 Å². The summed E-state index contributed by atoms with van der Waals surface area (Å²) in [6, 6.07) is 13.1. The summed E-state index contributed by atoms with van der Waals surface area (Å²) >= 11 is 5.83. The van der Waals surface area contributed by atoms with Gasteiger partial charge in [-0.05, 0) is 48.5 Å². The normalized spacial score (nSPS) is 15.3. The van der Waals surface area contributed by atoms with Gasteiger partial charge in [0.1, 0.15) is 5.75 Å². The van der Waals surface area contributed by atoms with E-state index in [0.29, 0.717) is 55.6 Å². The van der Waals surface area contributed by atoms with Crippen molar-refractivity contribution in [2.24, 2.45) is 0 Å². The number of carbonyl (C=O) groups excluding carboxylic acids is 1. The Morgan fingerprint density at radius 1 is 1.03 bits per heavy atom. The molecular formula is C20H25Cl2N3O4S. The van der Waals surface area contributed by atoms with E-state index in [9.17, 15) is 13.2 Å². The molecule has 0 saturated carbocycles. The highest BCUT2D eigenvalue weighted by molar-refractivity contribution is 7.89. The Bertz CT molecular complexity index is 930. The molecule has 30 heavy (non-hydrogen) atoms. The van der Waals surface area contributed by atoms with E-state index in [1.807, 2.05) is 0 Å². The molecule has 164 valence electrons. The Morgan fingerprint density at radius 2 is 1.63 bits per heavy atom. The summed E-state index contributed by atoms with van der Waals surface area (Å²) < 4.78 is 32.1. The lowest BCUT2D eigenvalue weighted by molar-refractivity contribution is 0.0945. The zero-order valence-electron chi connectivity index (χ0n) is 16.6. The number of hydrogen-bond donors (Lipinski definition) is 1. The molecule has 10 heteroatoms. The molecule has 3 rings (SSSR count). The van der Waals surface area contributed by atoms with Gasteiger partial charge in [0.25, 0.3) is 5.91 Å². The molecule has 1 aliphatic rings. The Kier molecular flexibility index (Phi) is 8.93. The third-order valence-electron chi connectivity index (χ3n) is 4.85. The average molecular weight is 474 g/mol. The number of sulfonamides is 1. The number of ether oxygens (including phenoxy) is 1. The van der Waals surface area contributed by atoms with Crippen LogP contribution in [-0.4, -0.2) is 69.9 Å².